The molecule has 3 rings (SSSR count). The SMILES string of the molecule is CC(=O)c1c(C)[nH]c(C(=O)[C@H](C)OC(=O)c2cc3c(C)nn(CC(C)C)c3s2)c1C. The van der Waals surface area contributed by atoms with Gasteiger partial charge in [0.2, 0.25) is 5.78 Å². The summed E-state index contributed by atoms with van der Waals surface area (Å²) in [5, 5.41) is 5.47. The Morgan fingerprint density at radius 3 is 2.43 bits per heavy atom. The number of rotatable bonds is 7. The van der Waals surface area contributed by atoms with Crippen LogP contribution in [0.5, 0.6) is 0 Å². The lowest BCUT2D eigenvalue weighted by Gasteiger charge is -2.11. The number of H-pyrrole nitrogens is 1. The lowest BCUT2D eigenvalue weighted by Crippen LogP contribution is -2.25. The fourth-order valence-corrected chi connectivity index (χ4v) is 4.74. The van der Waals surface area contributed by atoms with Gasteiger partial charge in [0.05, 0.1) is 11.4 Å². The number of aromatic nitrogens is 3. The van der Waals surface area contributed by atoms with E-state index in [-0.39, 0.29) is 11.6 Å². The molecular weight excluding hydrogens is 402 g/mol. The van der Waals surface area contributed by atoms with Crippen LogP contribution in [0.15, 0.2) is 6.07 Å². The molecule has 0 saturated heterocycles. The first kappa shape index (κ1) is 22.0. The first-order valence-corrected chi connectivity index (χ1v) is 10.7. The third-order valence-electron chi connectivity index (χ3n) is 5.04. The number of nitrogens with one attached hydrogen (secondary N) is 1. The molecule has 0 bridgehead atoms. The number of ketones is 2. The summed E-state index contributed by atoms with van der Waals surface area (Å²) in [6, 6.07) is 1.77. The number of thiophene rings is 1. The molecule has 0 aliphatic heterocycles. The van der Waals surface area contributed by atoms with Gasteiger partial charge in [-0.05, 0) is 52.2 Å². The van der Waals surface area contributed by atoms with E-state index >= 15 is 0 Å². The van der Waals surface area contributed by atoms with Crippen LogP contribution in [0.2, 0.25) is 0 Å². The van der Waals surface area contributed by atoms with E-state index in [1.165, 1.54) is 18.3 Å². The average molecular weight is 430 g/mol. The largest absolute Gasteiger partial charge is 0.450 e. The highest BCUT2D eigenvalue weighted by atomic mass is 32.1. The topological polar surface area (TPSA) is 94.0 Å². The van der Waals surface area contributed by atoms with Crippen molar-refractivity contribution in [1.29, 1.82) is 0 Å². The van der Waals surface area contributed by atoms with Gasteiger partial charge in [0.15, 0.2) is 11.9 Å². The van der Waals surface area contributed by atoms with E-state index in [4.69, 9.17) is 4.74 Å². The van der Waals surface area contributed by atoms with Crippen molar-refractivity contribution >= 4 is 39.1 Å². The second-order valence-corrected chi connectivity index (χ2v) is 9.11. The first-order chi connectivity index (χ1) is 14.0. The van der Waals surface area contributed by atoms with Gasteiger partial charge in [0.25, 0.3) is 0 Å². The number of Topliss-reactive ketones (excluding diaryl/α,β-unsaturated/α-hetero) is 2. The van der Waals surface area contributed by atoms with Gasteiger partial charge in [-0.25, -0.2) is 4.79 Å². The summed E-state index contributed by atoms with van der Waals surface area (Å²) in [6.07, 6.45) is -0.979. The molecule has 1 atom stereocenters. The molecule has 30 heavy (non-hydrogen) atoms. The second-order valence-electron chi connectivity index (χ2n) is 8.08. The maximum Gasteiger partial charge on any atom is 0.349 e. The highest BCUT2D eigenvalue weighted by molar-refractivity contribution is 7.20. The van der Waals surface area contributed by atoms with Crippen molar-refractivity contribution in [3.05, 3.63) is 39.2 Å². The summed E-state index contributed by atoms with van der Waals surface area (Å²) >= 11 is 1.32. The fourth-order valence-electron chi connectivity index (χ4n) is 3.68. The molecule has 0 radical (unpaired) electrons. The van der Waals surface area contributed by atoms with Gasteiger partial charge in [-0.2, -0.15) is 5.10 Å². The molecule has 160 valence electrons. The number of ether oxygens (including phenoxy) is 1. The Morgan fingerprint density at radius 1 is 1.20 bits per heavy atom. The number of aromatic amines is 1. The number of aryl methyl sites for hydroxylation is 2. The predicted molar refractivity (Wildman–Crippen MR) is 117 cm³/mol. The number of carbonyl (C=O) groups excluding carboxylic acids is 3. The Labute approximate surface area is 179 Å². The van der Waals surface area contributed by atoms with Gasteiger partial charge in [-0.3, -0.25) is 14.3 Å². The zero-order chi connectivity index (χ0) is 22.3. The zero-order valence-electron chi connectivity index (χ0n) is 18.4. The minimum absolute atomic E-state index is 0.110. The number of hydrogen-bond donors (Lipinski definition) is 1. The van der Waals surface area contributed by atoms with Crippen LogP contribution in [-0.2, 0) is 11.3 Å². The van der Waals surface area contributed by atoms with Gasteiger partial charge in [0, 0.05) is 23.2 Å². The molecule has 7 nitrogen and oxygen atoms in total. The lowest BCUT2D eigenvalue weighted by atomic mass is 10.0. The molecule has 8 heteroatoms. The third kappa shape index (κ3) is 3.96. The molecular formula is C22H27N3O4S. The van der Waals surface area contributed by atoms with Crippen molar-refractivity contribution in [1.82, 2.24) is 14.8 Å². The van der Waals surface area contributed by atoms with E-state index in [2.05, 4.69) is 23.9 Å². The van der Waals surface area contributed by atoms with E-state index in [1.54, 1.807) is 26.8 Å². The Morgan fingerprint density at radius 2 is 1.87 bits per heavy atom. The number of esters is 1. The average Bonchev–Trinajstić information content (AvgIpc) is 3.28. The third-order valence-corrected chi connectivity index (χ3v) is 6.16. The lowest BCUT2D eigenvalue weighted by molar-refractivity contribution is 0.0321. The molecule has 0 saturated carbocycles. The van der Waals surface area contributed by atoms with E-state index in [0.29, 0.717) is 33.3 Å². The van der Waals surface area contributed by atoms with Crippen LogP contribution >= 0.6 is 11.3 Å². The van der Waals surface area contributed by atoms with Crippen molar-refractivity contribution in [3.63, 3.8) is 0 Å². The zero-order valence-corrected chi connectivity index (χ0v) is 19.2. The minimum atomic E-state index is -0.979. The van der Waals surface area contributed by atoms with Crippen LogP contribution in [0.25, 0.3) is 10.2 Å². The standard InChI is InChI=1S/C22H27N3O4S/c1-10(2)9-25-21-16(12(4)24-25)8-17(30-21)22(28)29-15(7)20(27)19-11(3)18(14(6)26)13(5)23-19/h8,10,15,23H,9H2,1-7H3/t15-/m0/s1. The van der Waals surface area contributed by atoms with Crippen molar-refractivity contribution < 1.29 is 19.1 Å². The van der Waals surface area contributed by atoms with Crippen LogP contribution < -0.4 is 0 Å². The summed E-state index contributed by atoms with van der Waals surface area (Å²) in [6.45, 7) is 13.4. The molecule has 3 heterocycles. The molecule has 3 aromatic rings. The van der Waals surface area contributed by atoms with Crippen LogP contribution in [0.1, 0.15) is 75.2 Å². The quantitative estimate of drug-likeness (QED) is 0.436. The van der Waals surface area contributed by atoms with Gasteiger partial charge < -0.3 is 9.72 Å². The normalized spacial score (nSPS) is 12.5. The van der Waals surface area contributed by atoms with Crippen molar-refractivity contribution in [2.45, 2.75) is 61.1 Å². The monoisotopic (exact) mass is 429 g/mol. The number of carbonyl (C=O) groups is 3. The first-order valence-electron chi connectivity index (χ1n) is 9.93. The minimum Gasteiger partial charge on any atom is -0.450 e. The van der Waals surface area contributed by atoms with E-state index in [0.717, 1.165) is 22.5 Å². The summed E-state index contributed by atoms with van der Waals surface area (Å²) in [4.78, 5) is 41.7. The maximum atomic E-state index is 12.8. The molecule has 0 amide bonds. The van der Waals surface area contributed by atoms with E-state index < -0.39 is 12.1 Å². The van der Waals surface area contributed by atoms with Crippen LogP contribution in [0.3, 0.4) is 0 Å². The summed E-state index contributed by atoms with van der Waals surface area (Å²) in [5.74, 6) is -0.587. The molecule has 0 aliphatic carbocycles. The van der Waals surface area contributed by atoms with Crippen LogP contribution in [-0.4, -0.2) is 38.4 Å². The molecule has 3 aromatic heterocycles. The molecule has 0 unspecified atom stereocenters. The maximum absolute atomic E-state index is 12.8. The van der Waals surface area contributed by atoms with Gasteiger partial charge in [0.1, 0.15) is 9.71 Å². The van der Waals surface area contributed by atoms with E-state index in [9.17, 15) is 14.4 Å². The Hall–Kier alpha value is -2.74. The highest BCUT2D eigenvalue weighted by Gasteiger charge is 2.27. The van der Waals surface area contributed by atoms with Gasteiger partial charge in [-0.1, -0.05) is 13.8 Å². The second kappa shape index (κ2) is 8.18. The number of fused-ring (bicyclic) bond motifs is 1. The molecule has 1 N–H and O–H groups in total. The Balaban J connectivity index is 1.81. The molecule has 0 spiro atoms. The van der Waals surface area contributed by atoms with Crippen LogP contribution in [0.4, 0.5) is 0 Å². The summed E-state index contributed by atoms with van der Waals surface area (Å²) in [5.41, 5.74) is 2.89. The van der Waals surface area contributed by atoms with Crippen molar-refractivity contribution in [2.75, 3.05) is 0 Å². The molecule has 0 fully saturated rings. The Kier molecular flexibility index (Phi) is 5.99. The van der Waals surface area contributed by atoms with Crippen LogP contribution in [0, 0.1) is 26.7 Å². The molecule has 0 aromatic carbocycles. The predicted octanol–water partition coefficient (Wildman–Crippen LogP) is 4.64. The number of hydrogen-bond acceptors (Lipinski definition) is 6. The van der Waals surface area contributed by atoms with Crippen molar-refractivity contribution in [3.8, 4) is 0 Å². The van der Waals surface area contributed by atoms with Crippen molar-refractivity contribution in [2.24, 2.45) is 5.92 Å². The summed E-state index contributed by atoms with van der Waals surface area (Å²) in [7, 11) is 0. The van der Waals surface area contributed by atoms with Gasteiger partial charge >= 0.3 is 5.97 Å². The molecule has 0 aliphatic rings. The number of nitrogens with zero attached hydrogens (tertiary/aromatic N) is 2. The highest BCUT2D eigenvalue weighted by Crippen LogP contribution is 2.30. The van der Waals surface area contributed by atoms with E-state index in [1.807, 2.05) is 11.6 Å². The Bertz CT molecular complexity index is 1150. The van der Waals surface area contributed by atoms with Gasteiger partial charge in [-0.15, -0.1) is 11.3 Å². The summed E-state index contributed by atoms with van der Waals surface area (Å²) < 4.78 is 7.38. The fraction of sp³-hybridized carbons (Fsp3) is 0.455. The smallest absolute Gasteiger partial charge is 0.349 e.